The van der Waals surface area contributed by atoms with E-state index in [1.165, 1.54) is 12.1 Å². The van der Waals surface area contributed by atoms with Crippen LogP contribution in [0.2, 0.25) is 0 Å². The second kappa shape index (κ2) is 8.84. The Labute approximate surface area is 176 Å². The van der Waals surface area contributed by atoms with Gasteiger partial charge in [-0.2, -0.15) is 4.98 Å². The van der Waals surface area contributed by atoms with Gasteiger partial charge in [-0.05, 0) is 67.9 Å². The topological polar surface area (TPSA) is 71.3 Å². The zero-order chi connectivity index (χ0) is 20.2. The minimum Gasteiger partial charge on any atom is -0.338 e. The summed E-state index contributed by atoms with van der Waals surface area (Å²) in [7, 11) is 0. The van der Waals surface area contributed by atoms with Gasteiger partial charge in [-0.15, -0.1) is 0 Å². The van der Waals surface area contributed by atoms with Crippen LogP contribution in [-0.4, -0.2) is 34.0 Å². The molecule has 29 heavy (non-hydrogen) atoms. The van der Waals surface area contributed by atoms with E-state index in [9.17, 15) is 9.18 Å². The SMILES string of the molecule is O=C(Nc1ccc(Br)cc1)C1CCCN(Cc2nc(-c3ccc(F)cc3)no2)C1. The molecule has 150 valence electrons. The third kappa shape index (κ3) is 5.07. The number of piperidine rings is 1. The number of carbonyl (C=O) groups excluding carboxylic acids is 1. The third-order valence-electron chi connectivity index (χ3n) is 4.92. The van der Waals surface area contributed by atoms with Crippen molar-refractivity contribution in [2.75, 3.05) is 18.4 Å². The molecule has 1 fully saturated rings. The van der Waals surface area contributed by atoms with Crippen molar-refractivity contribution in [3.05, 3.63) is 64.7 Å². The van der Waals surface area contributed by atoms with Crippen LogP contribution in [-0.2, 0) is 11.3 Å². The first-order chi connectivity index (χ1) is 14.1. The molecule has 4 rings (SSSR count). The van der Waals surface area contributed by atoms with Gasteiger partial charge in [0.25, 0.3) is 0 Å². The number of aromatic nitrogens is 2. The average molecular weight is 459 g/mol. The lowest BCUT2D eigenvalue weighted by atomic mass is 9.97. The second-order valence-corrected chi connectivity index (χ2v) is 8.00. The molecule has 1 aliphatic rings. The molecule has 2 aromatic carbocycles. The molecule has 0 saturated carbocycles. The van der Waals surface area contributed by atoms with E-state index < -0.39 is 0 Å². The standard InChI is InChI=1S/C21H20BrFN4O2/c22-16-5-9-18(10-6-16)24-21(28)15-2-1-11-27(12-15)13-19-25-20(26-29-19)14-3-7-17(23)8-4-14/h3-10,15H,1-2,11-13H2,(H,24,28). The zero-order valence-corrected chi connectivity index (χ0v) is 17.2. The quantitative estimate of drug-likeness (QED) is 0.609. The van der Waals surface area contributed by atoms with Crippen molar-refractivity contribution in [3.63, 3.8) is 0 Å². The van der Waals surface area contributed by atoms with Gasteiger partial charge in [-0.1, -0.05) is 21.1 Å². The van der Waals surface area contributed by atoms with Gasteiger partial charge >= 0.3 is 0 Å². The maximum Gasteiger partial charge on any atom is 0.241 e. The molecule has 8 heteroatoms. The molecular formula is C21H20BrFN4O2. The second-order valence-electron chi connectivity index (χ2n) is 7.09. The monoisotopic (exact) mass is 458 g/mol. The number of nitrogens with zero attached hydrogens (tertiary/aromatic N) is 3. The Morgan fingerprint density at radius 3 is 2.72 bits per heavy atom. The fraction of sp³-hybridized carbons (Fsp3) is 0.286. The van der Waals surface area contributed by atoms with E-state index in [0.29, 0.717) is 30.4 Å². The number of amides is 1. The number of nitrogens with one attached hydrogen (secondary N) is 1. The Morgan fingerprint density at radius 1 is 1.21 bits per heavy atom. The molecule has 1 aliphatic heterocycles. The number of carbonyl (C=O) groups is 1. The van der Waals surface area contributed by atoms with Gasteiger partial charge in [-0.25, -0.2) is 4.39 Å². The van der Waals surface area contributed by atoms with E-state index >= 15 is 0 Å². The normalized spacial score (nSPS) is 17.2. The first-order valence-corrected chi connectivity index (χ1v) is 10.2. The van der Waals surface area contributed by atoms with Crippen LogP contribution >= 0.6 is 15.9 Å². The summed E-state index contributed by atoms with van der Waals surface area (Å²) >= 11 is 3.39. The van der Waals surface area contributed by atoms with E-state index in [-0.39, 0.29) is 17.6 Å². The van der Waals surface area contributed by atoms with Gasteiger partial charge < -0.3 is 9.84 Å². The van der Waals surface area contributed by atoms with Crippen LogP contribution in [0.5, 0.6) is 0 Å². The van der Waals surface area contributed by atoms with Gasteiger partial charge in [0.05, 0.1) is 12.5 Å². The molecule has 1 N–H and O–H groups in total. The molecule has 1 aromatic heterocycles. The van der Waals surface area contributed by atoms with Crippen LogP contribution in [0.25, 0.3) is 11.4 Å². The van der Waals surface area contributed by atoms with Crippen molar-refractivity contribution < 1.29 is 13.7 Å². The molecule has 0 bridgehead atoms. The lowest BCUT2D eigenvalue weighted by molar-refractivity contribution is -0.121. The summed E-state index contributed by atoms with van der Waals surface area (Å²) in [6.07, 6.45) is 1.78. The zero-order valence-electron chi connectivity index (χ0n) is 15.6. The highest BCUT2D eigenvalue weighted by atomic mass is 79.9. The Balaban J connectivity index is 1.35. The van der Waals surface area contributed by atoms with E-state index in [4.69, 9.17) is 4.52 Å². The molecule has 1 amide bonds. The molecule has 1 saturated heterocycles. The molecule has 0 spiro atoms. The minimum atomic E-state index is -0.307. The highest BCUT2D eigenvalue weighted by Gasteiger charge is 2.27. The Morgan fingerprint density at radius 2 is 1.97 bits per heavy atom. The van der Waals surface area contributed by atoms with Gasteiger partial charge in [0, 0.05) is 22.3 Å². The van der Waals surface area contributed by atoms with Crippen LogP contribution < -0.4 is 5.32 Å². The maximum absolute atomic E-state index is 13.1. The Kier molecular flexibility index (Phi) is 6.01. The third-order valence-corrected chi connectivity index (χ3v) is 5.45. The summed E-state index contributed by atoms with van der Waals surface area (Å²) in [5.41, 5.74) is 1.49. The predicted octanol–water partition coefficient (Wildman–Crippen LogP) is 4.49. The summed E-state index contributed by atoms with van der Waals surface area (Å²) in [5, 5.41) is 6.97. The van der Waals surface area contributed by atoms with E-state index in [1.54, 1.807) is 12.1 Å². The highest BCUT2D eigenvalue weighted by molar-refractivity contribution is 9.10. The highest BCUT2D eigenvalue weighted by Crippen LogP contribution is 2.22. The van der Waals surface area contributed by atoms with Gasteiger partial charge in [0.2, 0.25) is 17.6 Å². The number of hydrogen-bond donors (Lipinski definition) is 1. The van der Waals surface area contributed by atoms with E-state index in [0.717, 1.165) is 29.5 Å². The Hall–Kier alpha value is -2.58. The van der Waals surface area contributed by atoms with Crippen LogP contribution in [0.4, 0.5) is 10.1 Å². The summed E-state index contributed by atoms with van der Waals surface area (Å²) < 4.78 is 19.4. The van der Waals surface area contributed by atoms with Crippen LogP contribution in [0, 0.1) is 11.7 Å². The smallest absolute Gasteiger partial charge is 0.241 e. The number of rotatable bonds is 5. The summed E-state index contributed by atoms with van der Waals surface area (Å²) in [5.74, 6) is 0.541. The molecule has 2 heterocycles. The van der Waals surface area contributed by atoms with Crippen LogP contribution in [0.15, 0.2) is 57.5 Å². The van der Waals surface area contributed by atoms with Crippen molar-refractivity contribution >= 4 is 27.5 Å². The first-order valence-electron chi connectivity index (χ1n) is 9.44. The van der Waals surface area contributed by atoms with Crippen LogP contribution in [0.1, 0.15) is 18.7 Å². The summed E-state index contributed by atoms with van der Waals surface area (Å²) in [4.78, 5) is 19.2. The van der Waals surface area contributed by atoms with Crippen LogP contribution in [0.3, 0.4) is 0 Å². The van der Waals surface area contributed by atoms with Gasteiger partial charge in [0.1, 0.15) is 5.82 Å². The van der Waals surface area contributed by atoms with Gasteiger partial charge in [0.15, 0.2) is 0 Å². The molecule has 6 nitrogen and oxygen atoms in total. The predicted molar refractivity (Wildman–Crippen MR) is 110 cm³/mol. The van der Waals surface area contributed by atoms with Crippen molar-refractivity contribution in [2.24, 2.45) is 5.92 Å². The number of hydrogen-bond acceptors (Lipinski definition) is 5. The van der Waals surface area contributed by atoms with Crippen molar-refractivity contribution in [2.45, 2.75) is 19.4 Å². The van der Waals surface area contributed by atoms with Crippen molar-refractivity contribution in [1.82, 2.24) is 15.0 Å². The number of anilines is 1. The first kappa shape index (κ1) is 19.7. The Bertz CT molecular complexity index is 975. The van der Waals surface area contributed by atoms with Crippen molar-refractivity contribution in [1.29, 1.82) is 0 Å². The molecule has 1 unspecified atom stereocenters. The van der Waals surface area contributed by atoms with E-state index in [2.05, 4.69) is 36.3 Å². The number of likely N-dealkylation sites (tertiary alicyclic amines) is 1. The summed E-state index contributed by atoms with van der Waals surface area (Å²) in [6.45, 7) is 1.99. The molecular weight excluding hydrogens is 439 g/mol. The summed E-state index contributed by atoms with van der Waals surface area (Å²) in [6, 6.07) is 13.5. The lowest BCUT2D eigenvalue weighted by Gasteiger charge is -2.30. The average Bonchev–Trinajstić information content (AvgIpc) is 3.19. The number of benzene rings is 2. The fourth-order valence-corrected chi connectivity index (χ4v) is 3.68. The fourth-order valence-electron chi connectivity index (χ4n) is 3.42. The lowest BCUT2D eigenvalue weighted by Crippen LogP contribution is -2.40. The maximum atomic E-state index is 13.1. The largest absolute Gasteiger partial charge is 0.338 e. The molecule has 0 aliphatic carbocycles. The molecule has 1 atom stereocenters. The number of halogens is 2. The molecule has 3 aromatic rings. The minimum absolute atomic E-state index is 0.0227. The van der Waals surface area contributed by atoms with E-state index in [1.807, 2.05) is 24.3 Å². The van der Waals surface area contributed by atoms with Gasteiger partial charge in [-0.3, -0.25) is 9.69 Å². The van der Waals surface area contributed by atoms with Crippen molar-refractivity contribution in [3.8, 4) is 11.4 Å². The molecule has 0 radical (unpaired) electrons.